The zero-order valence-electron chi connectivity index (χ0n) is 22.0. The minimum atomic E-state index is -1.01. The summed E-state index contributed by atoms with van der Waals surface area (Å²) in [5.41, 5.74) is 1.93. The molecule has 0 saturated heterocycles. The number of aliphatic hydroxyl groups excluding tert-OH is 1. The topological polar surface area (TPSA) is 120 Å². The van der Waals surface area contributed by atoms with Gasteiger partial charge in [0, 0.05) is 37.9 Å². The number of aliphatic hydroxyl groups is 1. The molecule has 2 aromatic carbocycles. The summed E-state index contributed by atoms with van der Waals surface area (Å²) in [4.78, 5) is 36.9. The van der Waals surface area contributed by atoms with Crippen LogP contribution >= 0.6 is 0 Å². The molecule has 3 amide bonds. The normalized spacial score (nSPS) is 11.9. The molecule has 3 aromatic rings. The van der Waals surface area contributed by atoms with E-state index >= 15 is 0 Å². The quantitative estimate of drug-likeness (QED) is 0.437. The molecule has 0 radical (unpaired) electrons. The average molecular weight is 507 g/mol. The number of anilines is 2. The summed E-state index contributed by atoms with van der Waals surface area (Å²) < 4.78 is 5.62. The third-order valence-corrected chi connectivity index (χ3v) is 5.16. The third-order valence-electron chi connectivity index (χ3n) is 5.16. The molecule has 3 N–H and O–H groups in total. The van der Waals surface area contributed by atoms with Gasteiger partial charge in [-0.15, -0.1) is 0 Å². The van der Waals surface area contributed by atoms with Gasteiger partial charge in [0.1, 0.15) is 5.69 Å². The average Bonchev–Trinajstić information content (AvgIpc) is 2.83. The van der Waals surface area contributed by atoms with Gasteiger partial charge in [-0.2, -0.15) is 0 Å². The van der Waals surface area contributed by atoms with Crippen LogP contribution in [-0.2, 0) is 0 Å². The van der Waals surface area contributed by atoms with Crippen molar-refractivity contribution in [3.8, 4) is 17.0 Å². The molecule has 0 spiro atoms. The van der Waals surface area contributed by atoms with Gasteiger partial charge in [-0.3, -0.25) is 0 Å². The van der Waals surface area contributed by atoms with E-state index in [2.05, 4.69) is 20.6 Å². The SMILES string of the molecule is CN(CC(O)c1cccc(NC(=O)NC(C)(C)C)c1)C(=O)Oc1cnc(N(C)C)nc1-c1ccccc1. The Morgan fingerprint density at radius 1 is 1.05 bits per heavy atom. The smallest absolute Gasteiger partial charge is 0.406 e. The lowest BCUT2D eigenvalue weighted by atomic mass is 10.1. The van der Waals surface area contributed by atoms with Gasteiger partial charge in [-0.05, 0) is 38.5 Å². The molecule has 0 fully saturated rings. The van der Waals surface area contributed by atoms with Crippen LogP contribution < -0.4 is 20.3 Å². The van der Waals surface area contributed by atoms with E-state index in [-0.39, 0.29) is 23.9 Å². The number of carbonyl (C=O) groups is 2. The van der Waals surface area contributed by atoms with Crippen LogP contribution in [0.5, 0.6) is 5.75 Å². The molecule has 1 aromatic heterocycles. The number of likely N-dealkylation sites (N-methyl/N-ethyl adjacent to an activating group) is 1. The monoisotopic (exact) mass is 506 g/mol. The Balaban J connectivity index is 1.70. The van der Waals surface area contributed by atoms with Gasteiger partial charge >= 0.3 is 12.1 Å². The third kappa shape index (κ3) is 7.91. The lowest BCUT2D eigenvalue weighted by Gasteiger charge is -2.22. The predicted octanol–water partition coefficient (Wildman–Crippen LogP) is 4.29. The zero-order valence-corrected chi connectivity index (χ0v) is 22.0. The number of nitrogens with one attached hydrogen (secondary N) is 2. The Hall–Kier alpha value is -4.18. The van der Waals surface area contributed by atoms with E-state index in [1.165, 1.54) is 18.1 Å². The number of hydrogen-bond acceptors (Lipinski definition) is 7. The number of hydrogen-bond donors (Lipinski definition) is 3. The number of rotatable bonds is 7. The van der Waals surface area contributed by atoms with E-state index in [4.69, 9.17) is 4.74 Å². The molecule has 0 aliphatic rings. The molecule has 3 rings (SSSR count). The molecular weight excluding hydrogens is 472 g/mol. The van der Waals surface area contributed by atoms with Crippen molar-refractivity contribution in [1.82, 2.24) is 20.2 Å². The number of ether oxygens (including phenoxy) is 1. The van der Waals surface area contributed by atoms with Gasteiger partial charge in [0.25, 0.3) is 0 Å². The molecule has 1 heterocycles. The van der Waals surface area contributed by atoms with Gasteiger partial charge in [0.05, 0.1) is 18.8 Å². The van der Waals surface area contributed by atoms with Crippen molar-refractivity contribution in [3.05, 3.63) is 66.4 Å². The molecule has 0 aliphatic heterocycles. The Morgan fingerprint density at radius 2 is 1.76 bits per heavy atom. The van der Waals surface area contributed by atoms with Crippen LogP contribution in [0.25, 0.3) is 11.3 Å². The zero-order chi connectivity index (χ0) is 27.2. The molecule has 10 heteroatoms. The highest BCUT2D eigenvalue weighted by Gasteiger charge is 2.21. The van der Waals surface area contributed by atoms with Crippen LogP contribution in [0, 0.1) is 0 Å². The lowest BCUT2D eigenvalue weighted by molar-refractivity contribution is 0.112. The molecule has 0 saturated carbocycles. The largest absolute Gasteiger partial charge is 0.415 e. The summed E-state index contributed by atoms with van der Waals surface area (Å²) in [5.74, 6) is 0.686. The van der Waals surface area contributed by atoms with E-state index in [1.807, 2.05) is 65.2 Å². The highest BCUT2D eigenvalue weighted by atomic mass is 16.6. The number of aromatic nitrogens is 2. The van der Waals surface area contributed by atoms with Gasteiger partial charge in [0.15, 0.2) is 5.75 Å². The molecular formula is C27H34N6O4. The Morgan fingerprint density at radius 3 is 2.41 bits per heavy atom. The summed E-state index contributed by atoms with van der Waals surface area (Å²) >= 11 is 0. The van der Waals surface area contributed by atoms with Gasteiger partial charge in [-0.25, -0.2) is 19.6 Å². The second-order valence-electron chi connectivity index (χ2n) is 9.86. The summed E-state index contributed by atoms with van der Waals surface area (Å²) in [6.07, 6.45) is -0.216. The van der Waals surface area contributed by atoms with Gasteiger partial charge in [-0.1, -0.05) is 42.5 Å². The van der Waals surface area contributed by atoms with Crippen molar-refractivity contribution < 1.29 is 19.4 Å². The van der Waals surface area contributed by atoms with Crippen molar-refractivity contribution in [3.63, 3.8) is 0 Å². The predicted molar refractivity (Wildman–Crippen MR) is 144 cm³/mol. The first-order valence-electron chi connectivity index (χ1n) is 11.8. The number of nitrogens with zero attached hydrogens (tertiary/aromatic N) is 4. The standard InChI is InChI=1S/C27H34N6O4/c1-27(2,3)31-25(35)29-20-14-10-13-19(15-20)21(34)17-33(6)26(36)37-22-16-28-24(32(4)5)30-23(22)18-11-8-7-9-12-18/h7-16,21,34H,17H2,1-6H3,(H2,29,31,35). The highest BCUT2D eigenvalue weighted by molar-refractivity contribution is 5.89. The molecule has 1 unspecified atom stereocenters. The van der Waals surface area contributed by atoms with Crippen molar-refractivity contribution in [1.29, 1.82) is 0 Å². The van der Waals surface area contributed by atoms with Crippen molar-refractivity contribution in [2.24, 2.45) is 0 Å². The van der Waals surface area contributed by atoms with E-state index in [9.17, 15) is 14.7 Å². The second-order valence-corrected chi connectivity index (χ2v) is 9.86. The first-order valence-corrected chi connectivity index (χ1v) is 11.8. The van der Waals surface area contributed by atoms with Crippen LogP contribution in [0.1, 0.15) is 32.4 Å². The van der Waals surface area contributed by atoms with E-state index in [0.717, 1.165) is 5.56 Å². The maximum atomic E-state index is 12.9. The van der Waals surface area contributed by atoms with E-state index in [1.54, 1.807) is 29.2 Å². The van der Waals surface area contributed by atoms with Crippen LogP contribution in [0.15, 0.2) is 60.8 Å². The van der Waals surface area contributed by atoms with Crippen molar-refractivity contribution in [2.75, 3.05) is 37.9 Å². The summed E-state index contributed by atoms with van der Waals surface area (Å²) in [6.45, 7) is 5.61. The first-order chi connectivity index (χ1) is 17.4. The van der Waals surface area contributed by atoms with Crippen LogP contribution in [0.3, 0.4) is 0 Å². The van der Waals surface area contributed by atoms with Crippen molar-refractivity contribution >= 4 is 23.8 Å². The molecule has 37 heavy (non-hydrogen) atoms. The number of carbonyl (C=O) groups excluding carboxylic acids is 2. The van der Waals surface area contributed by atoms with Crippen LogP contribution in [0.4, 0.5) is 21.2 Å². The minimum Gasteiger partial charge on any atom is -0.406 e. The Labute approximate surface area is 217 Å². The minimum absolute atomic E-state index is 0.0339. The number of urea groups is 1. The van der Waals surface area contributed by atoms with Crippen molar-refractivity contribution in [2.45, 2.75) is 32.4 Å². The number of amides is 3. The summed E-state index contributed by atoms with van der Waals surface area (Å²) in [7, 11) is 5.18. The Kier molecular flexibility index (Phi) is 8.67. The molecule has 1 atom stereocenters. The summed E-state index contributed by atoms with van der Waals surface area (Å²) in [5, 5.41) is 16.3. The first kappa shape index (κ1) is 27.4. The number of benzene rings is 2. The summed E-state index contributed by atoms with van der Waals surface area (Å²) in [6, 6.07) is 15.8. The highest BCUT2D eigenvalue weighted by Crippen LogP contribution is 2.29. The van der Waals surface area contributed by atoms with Gasteiger partial charge in [0.2, 0.25) is 5.95 Å². The molecule has 10 nitrogen and oxygen atoms in total. The fraction of sp³-hybridized carbons (Fsp3) is 0.333. The fourth-order valence-electron chi connectivity index (χ4n) is 3.39. The van der Waals surface area contributed by atoms with Gasteiger partial charge < -0.3 is 30.3 Å². The Bertz CT molecular complexity index is 1230. The van der Waals surface area contributed by atoms with Crippen LogP contribution in [0.2, 0.25) is 0 Å². The fourth-order valence-corrected chi connectivity index (χ4v) is 3.39. The molecule has 0 aliphatic carbocycles. The van der Waals surface area contributed by atoms with Crippen LogP contribution in [-0.4, -0.2) is 65.3 Å². The maximum absolute atomic E-state index is 12.9. The van der Waals surface area contributed by atoms with E-state index in [0.29, 0.717) is 22.9 Å². The molecule has 0 bridgehead atoms. The molecule has 196 valence electrons. The lowest BCUT2D eigenvalue weighted by Crippen LogP contribution is -2.43. The maximum Gasteiger partial charge on any atom is 0.415 e. The van der Waals surface area contributed by atoms with E-state index < -0.39 is 12.2 Å². The second kappa shape index (κ2) is 11.7.